The van der Waals surface area contributed by atoms with Crippen LogP contribution >= 0.6 is 0 Å². The van der Waals surface area contributed by atoms with Crippen molar-refractivity contribution in [2.45, 2.75) is 13.0 Å². The Labute approximate surface area is 74.1 Å². The van der Waals surface area contributed by atoms with Crippen molar-refractivity contribution in [3.8, 4) is 0 Å². The summed E-state index contributed by atoms with van der Waals surface area (Å²) in [5.74, 6) is 0. The van der Waals surface area contributed by atoms with E-state index in [4.69, 9.17) is 0 Å². The molecule has 0 bridgehead atoms. The Morgan fingerprint density at radius 2 is 2.00 bits per heavy atom. The average Bonchev–Trinajstić information content (AvgIpc) is 2.09. The zero-order chi connectivity index (χ0) is 8.81. The highest BCUT2D eigenvalue weighted by atomic mass is 14.8. The van der Waals surface area contributed by atoms with Crippen LogP contribution < -0.4 is 5.32 Å². The van der Waals surface area contributed by atoms with Crippen molar-refractivity contribution >= 4 is 0 Å². The zero-order valence-electron chi connectivity index (χ0n) is 7.51. The quantitative estimate of drug-likeness (QED) is 0.667. The molecule has 0 atom stereocenters. The second-order valence-corrected chi connectivity index (χ2v) is 2.79. The maximum Gasteiger partial charge on any atom is 0.0205 e. The van der Waals surface area contributed by atoms with Crippen LogP contribution in [0.2, 0.25) is 0 Å². The van der Waals surface area contributed by atoms with Crippen LogP contribution in [0.25, 0.3) is 0 Å². The van der Waals surface area contributed by atoms with Gasteiger partial charge in [0.25, 0.3) is 0 Å². The predicted octanol–water partition coefficient (Wildman–Crippen LogP) is 2.13. The van der Waals surface area contributed by atoms with E-state index < -0.39 is 0 Å². The molecule has 64 valence electrons. The van der Waals surface area contributed by atoms with E-state index >= 15 is 0 Å². The van der Waals surface area contributed by atoms with Crippen LogP contribution in [0, 0.1) is 0 Å². The highest BCUT2D eigenvalue weighted by Crippen LogP contribution is 2.09. The first kappa shape index (κ1) is 9.01. The maximum absolute atomic E-state index is 3.74. The molecule has 0 fully saturated rings. The van der Waals surface area contributed by atoms with Crippen molar-refractivity contribution in [1.82, 2.24) is 5.32 Å². The predicted molar refractivity (Wildman–Crippen MR) is 53.1 cm³/mol. The van der Waals surface area contributed by atoms with Gasteiger partial charge in [0.2, 0.25) is 0 Å². The van der Waals surface area contributed by atoms with E-state index in [-0.39, 0.29) is 0 Å². The molecule has 0 aliphatic rings. The van der Waals surface area contributed by atoms with E-state index in [0.29, 0.717) is 0 Å². The molecular formula is C11H15N. The third kappa shape index (κ3) is 2.21. The number of hydrogen-bond donors (Lipinski definition) is 1. The van der Waals surface area contributed by atoms with Crippen LogP contribution in [0.5, 0.6) is 0 Å². The zero-order valence-corrected chi connectivity index (χ0v) is 7.51. The Hall–Kier alpha value is -1.08. The lowest BCUT2D eigenvalue weighted by Gasteiger charge is -2.05. The lowest BCUT2D eigenvalue weighted by atomic mass is 10.0. The molecule has 0 aliphatic carbocycles. The van der Waals surface area contributed by atoms with E-state index in [1.807, 2.05) is 13.1 Å². The van der Waals surface area contributed by atoms with Gasteiger partial charge in [0.05, 0.1) is 0 Å². The molecule has 0 spiro atoms. The van der Waals surface area contributed by atoms with Gasteiger partial charge in [0.15, 0.2) is 0 Å². The van der Waals surface area contributed by atoms with Crippen molar-refractivity contribution in [2.24, 2.45) is 0 Å². The van der Waals surface area contributed by atoms with Crippen molar-refractivity contribution < 1.29 is 0 Å². The van der Waals surface area contributed by atoms with Gasteiger partial charge in [-0.15, -0.1) is 6.58 Å². The van der Waals surface area contributed by atoms with Crippen LogP contribution in [-0.4, -0.2) is 7.05 Å². The fourth-order valence-electron chi connectivity index (χ4n) is 1.28. The van der Waals surface area contributed by atoms with E-state index in [2.05, 4.69) is 36.2 Å². The Morgan fingerprint density at radius 3 is 2.58 bits per heavy atom. The highest BCUT2D eigenvalue weighted by molar-refractivity contribution is 5.28. The Morgan fingerprint density at radius 1 is 1.33 bits per heavy atom. The van der Waals surface area contributed by atoms with Gasteiger partial charge >= 0.3 is 0 Å². The molecule has 1 aromatic carbocycles. The smallest absolute Gasteiger partial charge is 0.0205 e. The molecule has 0 aromatic heterocycles. The van der Waals surface area contributed by atoms with Gasteiger partial charge in [-0.2, -0.15) is 0 Å². The van der Waals surface area contributed by atoms with Gasteiger partial charge in [-0.1, -0.05) is 30.3 Å². The summed E-state index contributed by atoms with van der Waals surface area (Å²) in [5.41, 5.74) is 2.72. The van der Waals surface area contributed by atoms with Crippen molar-refractivity contribution in [2.75, 3.05) is 7.05 Å². The standard InChI is InChI=1S/C11H15N/c1-3-6-10-7-4-5-8-11(10)9-12-2/h3-5,7-8,12H,1,6,9H2,2H3. The third-order valence-electron chi connectivity index (χ3n) is 1.85. The summed E-state index contributed by atoms with van der Waals surface area (Å²) >= 11 is 0. The summed E-state index contributed by atoms with van der Waals surface area (Å²) in [6.45, 7) is 4.67. The molecule has 0 unspecified atom stereocenters. The lowest BCUT2D eigenvalue weighted by molar-refractivity contribution is 0.809. The summed E-state index contributed by atoms with van der Waals surface area (Å²) in [4.78, 5) is 0. The summed E-state index contributed by atoms with van der Waals surface area (Å²) in [6.07, 6.45) is 2.90. The maximum atomic E-state index is 3.74. The Balaban J connectivity index is 2.83. The number of benzene rings is 1. The first-order valence-corrected chi connectivity index (χ1v) is 4.20. The van der Waals surface area contributed by atoms with Gasteiger partial charge in [0.1, 0.15) is 0 Å². The molecule has 1 aromatic rings. The van der Waals surface area contributed by atoms with Crippen molar-refractivity contribution in [1.29, 1.82) is 0 Å². The molecule has 0 saturated carbocycles. The van der Waals surface area contributed by atoms with Crippen LogP contribution in [0.4, 0.5) is 0 Å². The van der Waals surface area contributed by atoms with Crippen LogP contribution in [0.1, 0.15) is 11.1 Å². The SMILES string of the molecule is C=CCc1ccccc1CNC. The molecule has 1 heteroatoms. The second kappa shape index (κ2) is 4.73. The Kier molecular flexibility index (Phi) is 3.55. The largest absolute Gasteiger partial charge is 0.316 e. The Bertz CT molecular complexity index is 253. The monoisotopic (exact) mass is 161 g/mol. The minimum absolute atomic E-state index is 0.935. The first-order chi connectivity index (χ1) is 5.88. The fraction of sp³-hybridized carbons (Fsp3) is 0.273. The number of nitrogens with one attached hydrogen (secondary N) is 1. The fourth-order valence-corrected chi connectivity index (χ4v) is 1.28. The topological polar surface area (TPSA) is 12.0 Å². The van der Waals surface area contributed by atoms with Crippen molar-refractivity contribution in [3.63, 3.8) is 0 Å². The third-order valence-corrected chi connectivity index (χ3v) is 1.85. The summed E-state index contributed by atoms with van der Waals surface area (Å²) < 4.78 is 0. The van der Waals surface area contributed by atoms with E-state index in [1.54, 1.807) is 0 Å². The van der Waals surface area contributed by atoms with Gasteiger partial charge in [-0.25, -0.2) is 0 Å². The van der Waals surface area contributed by atoms with E-state index in [0.717, 1.165) is 13.0 Å². The molecule has 1 rings (SSSR count). The number of rotatable bonds is 4. The molecule has 0 radical (unpaired) electrons. The summed E-state index contributed by atoms with van der Waals surface area (Å²) in [7, 11) is 1.96. The van der Waals surface area contributed by atoms with E-state index in [1.165, 1.54) is 11.1 Å². The van der Waals surface area contributed by atoms with Crippen LogP contribution in [0.3, 0.4) is 0 Å². The average molecular weight is 161 g/mol. The highest BCUT2D eigenvalue weighted by Gasteiger charge is 1.96. The normalized spacial score (nSPS) is 9.75. The van der Waals surface area contributed by atoms with Crippen LogP contribution in [-0.2, 0) is 13.0 Å². The summed E-state index contributed by atoms with van der Waals surface area (Å²) in [6, 6.07) is 8.43. The molecule has 0 amide bonds. The molecule has 12 heavy (non-hydrogen) atoms. The van der Waals surface area contributed by atoms with Gasteiger partial charge in [-0.3, -0.25) is 0 Å². The second-order valence-electron chi connectivity index (χ2n) is 2.79. The molecular weight excluding hydrogens is 146 g/mol. The van der Waals surface area contributed by atoms with Crippen LogP contribution in [0.15, 0.2) is 36.9 Å². The molecule has 0 saturated heterocycles. The number of allylic oxidation sites excluding steroid dienone is 1. The minimum Gasteiger partial charge on any atom is -0.316 e. The van der Waals surface area contributed by atoms with Gasteiger partial charge in [-0.05, 0) is 24.6 Å². The molecule has 1 nitrogen and oxygen atoms in total. The summed E-state index contributed by atoms with van der Waals surface area (Å²) in [5, 5.41) is 3.15. The minimum atomic E-state index is 0.935. The molecule has 1 N–H and O–H groups in total. The van der Waals surface area contributed by atoms with Gasteiger partial charge < -0.3 is 5.32 Å². The van der Waals surface area contributed by atoms with Crippen molar-refractivity contribution in [3.05, 3.63) is 48.0 Å². The van der Waals surface area contributed by atoms with Gasteiger partial charge in [0, 0.05) is 6.54 Å². The molecule has 0 aliphatic heterocycles. The lowest BCUT2D eigenvalue weighted by Crippen LogP contribution is -2.07. The first-order valence-electron chi connectivity index (χ1n) is 4.20. The number of hydrogen-bond acceptors (Lipinski definition) is 1. The van der Waals surface area contributed by atoms with E-state index in [9.17, 15) is 0 Å². The molecule has 0 heterocycles.